The van der Waals surface area contributed by atoms with Gasteiger partial charge in [-0.1, -0.05) is 17.7 Å². The number of nitrogens with two attached hydrogens (primary N) is 1. The molecule has 10 heteroatoms. The molecule has 0 radical (unpaired) electrons. The van der Waals surface area contributed by atoms with Crippen LogP contribution in [0.1, 0.15) is 17.5 Å². The van der Waals surface area contributed by atoms with Crippen molar-refractivity contribution < 1.29 is 19.0 Å². The third kappa shape index (κ3) is 6.63. The van der Waals surface area contributed by atoms with E-state index in [0.29, 0.717) is 65.0 Å². The molecule has 0 spiro atoms. The highest BCUT2D eigenvalue weighted by Crippen LogP contribution is 2.33. The number of pyridine rings is 1. The lowest BCUT2D eigenvalue weighted by molar-refractivity contribution is -0.121. The summed E-state index contributed by atoms with van der Waals surface area (Å²) in [5.41, 5.74) is 9.41. The van der Waals surface area contributed by atoms with Gasteiger partial charge in [0.25, 0.3) is 0 Å². The van der Waals surface area contributed by atoms with E-state index >= 15 is 0 Å². The highest BCUT2D eigenvalue weighted by Gasteiger charge is 2.14. The van der Waals surface area contributed by atoms with Gasteiger partial charge in [0.2, 0.25) is 5.91 Å². The van der Waals surface area contributed by atoms with Crippen molar-refractivity contribution in [3.63, 3.8) is 0 Å². The van der Waals surface area contributed by atoms with Gasteiger partial charge in [-0.3, -0.25) is 9.69 Å². The number of nitrogens with one attached hydrogen (secondary N) is 2. The number of aromatic hydroxyl groups is 1. The molecule has 2 heterocycles. The van der Waals surface area contributed by atoms with Crippen LogP contribution in [0.15, 0.2) is 48.5 Å². The Labute approximate surface area is 214 Å². The van der Waals surface area contributed by atoms with Gasteiger partial charge in [-0.15, -0.1) is 0 Å². The van der Waals surface area contributed by atoms with Crippen LogP contribution in [0.3, 0.4) is 0 Å². The molecule has 0 atom stereocenters. The number of carbonyl (C=O) groups excluding carboxylic acids is 1. The number of hydrogen-bond acceptors (Lipinski definition) is 7. The molecule has 8 nitrogen and oxygen atoms in total. The van der Waals surface area contributed by atoms with E-state index in [1.165, 1.54) is 6.07 Å². The second-order valence-electron chi connectivity index (χ2n) is 8.51. The molecule has 1 aromatic heterocycles. The number of nitrogens with zero attached hydrogens (tertiary/aromatic N) is 2. The van der Waals surface area contributed by atoms with E-state index < -0.39 is 6.67 Å². The maximum absolute atomic E-state index is 13.4. The quantitative estimate of drug-likeness (QED) is 0.316. The highest BCUT2D eigenvalue weighted by atomic mass is 35.5. The molecular weight excluding hydrogens is 485 g/mol. The Morgan fingerprint density at radius 3 is 2.69 bits per heavy atom. The van der Waals surface area contributed by atoms with Crippen LogP contribution in [0.25, 0.3) is 11.3 Å². The average Bonchev–Trinajstić information content (AvgIpc) is 2.89. The van der Waals surface area contributed by atoms with E-state index in [0.717, 1.165) is 13.1 Å². The van der Waals surface area contributed by atoms with Crippen LogP contribution < -0.4 is 16.4 Å². The zero-order valence-corrected chi connectivity index (χ0v) is 20.5. The fourth-order valence-corrected chi connectivity index (χ4v) is 4.13. The fourth-order valence-electron chi connectivity index (χ4n) is 3.94. The van der Waals surface area contributed by atoms with Crippen molar-refractivity contribution in [3.8, 4) is 17.0 Å². The second kappa shape index (κ2) is 12.0. The van der Waals surface area contributed by atoms with Crippen LogP contribution in [0, 0.1) is 0 Å². The lowest BCUT2D eigenvalue weighted by atomic mass is 10.1. The lowest BCUT2D eigenvalue weighted by Gasteiger charge is -2.26. The first kappa shape index (κ1) is 25.7. The summed E-state index contributed by atoms with van der Waals surface area (Å²) in [7, 11) is 0. The van der Waals surface area contributed by atoms with E-state index in [9.17, 15) is 14.3 Å². The minimum absolute atomic E-state index is 0.0263. The topological polar surface area (TPSA) is 113 Å². The molecule has 5 N–H and O–H groups in total. The van der Waals surface area contributed by atoms with Crippen molar-refractivity contribution in [2.45, 2.75) is 19.6 Å². The smallest absolute Gasteiger partial charge is 0.221 e. The number of hydrogen-bond donors (Lipinski definition) is 4. The van der Waals surface area contributed by atoms with Gasteiger partial charge in [-0.05, 0) is 42.5 Å². The number of ether oxygens (including phenoxy) is 1. The molecule has 0 unspecified atom stereocenters. The Morgan fingerprint density at radius 2 is 1.94 bits per heavy atom. The molecule has 1 aliphatic rings. The molecule has 0 aliphatic carbocycles. The van der Waals surface area contributed by atoms with Gasteiger partial charge in [-0.25, -0.2) is 9.37 Å². The van der Waals surface area contributed by atoms with Crippen LogP contribution in [0.4, 0.5) is 21.6 Å². The number of nitrogen functional groups attached to an aromatic ring is 1. The predicted molar refractivity (Wildman–Crippen MR) is 139 cm³/mol. The monoisotopic (exact) mass is 513 g/mol. The number of alkyl halides is 1. The molecule has 190 valence electrons. The third-order valence-electron chi connectivity index (χ3n) is 6.01. The molecule has 2 aromatic carbocycles. The van der Waals surface area contributed by atoms with Crippen molar-refractivity contribution in [1.82, 2.24) is 15.2 Å². The standard InChI is InChI=1S/C26H29ClFN5O3/c27-19-2-5-22(18(13-19)15-28)31-20-3-6-24(34)21(14-20)23-4-1-17(26(29)32-23)16-30-25(35)7-8-33-9-11-36-12-10-33/h1-6,13-14,31,34H,7-12,15-16H2,(H2,29,32)(H,30,35). The van der Waals surface area contributed by atoms with Gasteiger partial charge in [0.05, 0.1) is 18.9 Å². The number of benzene rings is 2. The number of anilines is 3. The number of phenolic OH excluding ortho intramolecular Hbond substituents is 1. The van der Waals surface area contributed by atoms with Gasteiger partial charge < -0.3 is 26.2 Å². The number of morpholine rings is 1. The summed E-state index contributed by atoms with van der Waals surface area (Å²) in [6.45, 7) is 3.36. The molecule has 36 heavy (non-hydrogen) atoms. The van der Waals surface area contributed by atoms with Crippen LogP contribution in [-0.2, 0) is 22.8 Å². The molecule has 3 aromatic rings. The SMILES string of the molecule is Nc1nc(-c2cc(Nc3ccc(Cl)cc3CF)ccc2O)ccc1CNC(=O)CCN1CCOCC1. The maximum Gasteiger partial charge on any atom is 0.221 e. The van der Waals surface area contributed by atoms with Crippen LogP contribution in [0.5, 0.6) is 5.75 Å². The minimum Gasteiger partial charge on any atom is -0.507 e. The Balaban J connectivity index is 1.41. The Morgan fingerprint density at radius 1 is 1.14 bits per heavy atom. The molecular formula is C26H29ClFN5O3. The van der Waals surface area contributed by atoms with Crippen LogP contribution in [-0.4, -0.2) is 53.7 Å². The lowest BCUT2D eigenvalue weighted by Crippen LogP contribution is -2.38. The largest absolute Gasteiger partial charge is 0.507 e. The zero-order valence-electron chi connectivity index (χ0n) is 19.8. The van der Waals surface area contributed by atoms with Crippen molar-refractivity contribution in [3.05, 3.63) is 64.7 Å². The van der Waals surface area contributed by atoms with Crippen molar-refractivity contribution in [2.75, 3.05) is 43.9 Å². The zero-order chi connectivity index (χ0) is 25.5. The first-order chi connectivity index (χ1) is 17.4. The first-order valence-electron chi connectivity index (χ1n) is 11.7. The molecule has 4 rings (SSSR count). The van der Waals surface area contributed by atoms with E-state index in [4.69, 9.17) is 22.1 Å². The number of aromatic nitrogens is 1. The van der Waals surface area contributed by atoms with Gasteiger partial charge in [0, 0.05) is 65.7 Å². The molecule has 0 bridgehead atoms. The van der Waals surface area contributed by atoms with E-state index in [-0.39, 0.29) is 24.0 Å². The van der Waals surface area contributed by atoms with Gasteiger partial charge >= 0.3 is 0 Å². The van der Waals surface area contributed by atoms with Crippen LogP contribution in [0.2, 0.25) is 5.02 Å². The average molecular weight is 514 g/mol. The van der Waals surface area contributed by atoms with Gasteiger partial charge in [0.15, 0.2) is 0 Å². The fraction of sp³-hybridized carbons (Fsp3) is 0.308. The normalized spacial score (nSPS) is 13.9. The summed E-state index contributed by atoms with van der Waals surface area (Å²) in [5.74, 6) is 0.228. The number of phenols is 1. The van der Waals surface area contributed by atoms with Crippen molar-refractivity contribution in [2.24, 2.45) is 0 Å². The summed E-state index contributed by atoms with van der Waals surface area (Å²) in [4.78, 5) is 18.9. The Kier molecular flexibility index (Phi) is 8.58. The van der Waals surface area contributed by atoms with E-state index in [2.05, 4.69) is 20.5 Å². The molecule has 1 amide bonds. The Hall–Kier alpha value is -3.40. The van der Waals surface area contributed by atoms with Gasteiger partial charge in [0.1, 0.15) is 18.2 Å². The summed E-state index contributed by atoms with van der Waals surface area (Å²) in [5, 5.41) is 16.9. The minimum atomic E-state index is -0.670. The summed E-state index contributed by atoms with van der Waals surface area (Å²) in [6.07, 6.45) is 0.400. The number of carbonyl (C=O) groups is 1. The second-order valence-corrected chi connectivity index (χ2v) is 8.95. The van der Waals surface area contributed by atoms with Gasteiger partial charge in [-0.2, -0.15) is 0 Å². The molecule has 0 saturated carbocycles. The van der Waals surface area contributed by atoms with Crippen molar-refractivity contribution in [1.29, 1.82) is 0 Å². The maximum atomic E-state index is 13.4. The predicted octanol–water partition coefficient (Wildman–Crippen LogP) is 4.24. The summed E-state index contributed by atoms with van der Waals surface area (Å²) >= 11 is 5.96. The van der Waals surface area contributed by atoms with E-state index in [1.54, 1.807) is 42.5 Å². The van der Waals surface area contributed by atoms with E-state index in [1.807, 2.05) is 0 Å². The van der Waals surface area contributed by atoms with Crippen molar-refractivity contribution >= 4 is 34.7 Å². The molecule has 1 fully saturated rings. The summed E-state index contributed by atoms with van der Waals surface area (Å²) < 4.78 is 18.7. The first-order valence-corrected chi connectivity index (χ1v) is 12.1. The molecule has 1 aliphatic heterocycles. The summed E-state index contributed by atoms with van der Waals surface area (Å²) in [6, 6.07) is 13.4. The van der Waals surface area contributed by atoms with Crippen LogP contribution >= 0.6 is 11.6 Å². The number of halogens is 2. The Bertz CT molecular complexity index is 1220. The highest BCUT2D eigenvalue weighted by molar-refractivity contribution is 6.30. The third-order valence-corrected chi connectivity index (χ3v) is 6.24. The number of rotatable bonds is 9. The number of amides is 1. The molecule has 1 saturated heterocycles.